The van der Waals surface area contributed by atoms with Gasteiger partial charge in [0, 0.05) is 25.5 Å². The highest BCUT2D eigenvalue weighted by Gasteiger charge is 2.20. The Morgan fingerprint density at radius 1 is 1.17 bits per heavy atom. The number of amides is 1. The Labute approximate surface area is 130 Å². The Kier molecular flexibility index (Phi) is 4.18. The van der Waals surface area contributed by atoms with Gasteiger partial charge in [-0.05, 0) is 24.3 Å². The minimum atomic E-state index is -0.754. The molecule has 23 heavy (non-hydrogen) atoms. The lowest BCUT2D eigenvalue weighted by molar-refractivity contribution is 0.0953. The van der Waals surface area contributed by atoms with E-state index in [0.717, 1.165) is 12.1 Å². The van der Waals surface area contributed by atoms with E-state index in [1.807, 2.05) is 29.1 Å². The van der Waals surface area contributed by atoms with E-state index in [4.69, 9.17) is 0 Å². The summed E-state index contributed by atoms with van der Waals surface area (Å²) in [5, 5.41) is 8.94. The maximum Gasteiger partial charge on any atom is 0.255 e. The van der Waals surface area contributed by atoms with Gasteiger partial charge in [-0.2, -0.15) is 5.10 Å². The molecule has 0 bridgehead atoms. The molecule has 0 unspecified atom stereocenters. The first-order chi connectivity index (χ1) is 11.2. The van der Waals surface area contributed by atoms with Crippen LogP contribution >= 0.6 is 0 Å². The molecule has 1 amide bonds. The molecule has 0 atom stereocenters. The van der Waals surface area contributed by atoms with E-state index in [1.165, 1.54) is 12.3 Å². The largest absolute Gasteiger partial charge is 0.353 e. The molecule has 1 aromatic carbocycles. The third-order valence-corrected chi connectivity index (χ3v) is 3.42. The molecule has 0 aliphatic rings. The lowest BCUT2D eigenvalue weighted by atomic mass is 10.1. The van der Waals surface area contributed by atoms with Gasteiger partial charge in [0.05, 0.1) is 23.0 Å². The summed E-state index contributed by atoms with van der Waals surface area (Å²) in [6, 6.07) is 7.30. The summed E-state index contributed by atoms with van der Waals surface area (Å²) < 4.78 is 29.7. The summed E-state index contributed by atoms with van der Waals surface area (Å²) in [7, 11) is 0. The molecule has 3 rings (SSSR count). The van der Waals surface area contributed by atoms with Crippen LogP contribution in [0.15, 0.2) is 48.9 Å². The van der Waals surface area contributed by atoms with Crippen molar-refractivity contribution in [3.05, 3.63) is 66.1 Å². The van der Waals surface area contributed by atoms with Crippen LogP contribution in [0, 0.1) is 11.6 Å². The number of rotatable bonds is 5. The smallest absolute Gasteiger partial charge is 0.255 e. The number of aromatic nitrogens is 3. The molecule has 0 saturated carbocycles. The summed E-state index contributed by atoms with van der Waals surface area (Å²) in [5.74, 6) is -1.95. The summed E-state index contributed by atoms with van der Waals surface area (Å²) in [6.07, 6.45) is 5.01. The van der Waals surface area contributed by atoms with Crippen LogP contribution in [0.2, 0.25) is 0 Å². The van der Waals surface area contributed by atoms with Crippen LogP contribution in [0.1, 0.15) is 10.4 Å². The molecule has 2 heterocycles. The van der Waals surface area contributed by atoms with Crippen molar-refractivity contribution in [3.63, 3.8) is 0 Å². The quantitative estimate of drug-likeness (QED) is 0.760. The number of benzene rings is 1. The zero-order valence-corrected chi connectivity index (χ0v) is 12.1. The first-order valence-electron chi connectivity index (χ1n) is 7.03. The van der Waals surface area contributed by atoms with Crippen LogP contribution in [0.4, 0.5) is 8.78 Å². The van der Waals surface area contributed by atoms with Gasteiger partial charge in [0.2, 0.25) is 0 Å². The van der Waals surface area contributed by atoms with Crippen molar-refractivity contribution in [1.29, 1.82) is 0 Å². The number of carbonyl (C=O) groups excluding carboxylic acids is 1. The van der Waals surface area contributed by atoms with E-state index < -0.39 is 17.5 Å². The van der Waals surface area contributed by atoms with E-state index >= 15 is 0 Å². The van der Waals surface area contributed by atoms with Crippen LogP contribution in [0.25, 0.3) is 11.3 Å². The van der Waals surface area contributed by atoms with Crippen molar-refractivity contribution in [1.82, 2.24) is 20.1 Å². The molecule has 0 aliphatic heterocycles. The highest BCUT2D eigenvalue weighted by molar-refractivity contribution is 5.99. The van der Waals surface area contributed by atoms with Crippen molar-refractivity contribution < 1.29 is 13.6 Å². The highest BCUT2D eigenvalue weighted by atomic mass is 19.1. The van der Waals surface area contributed by atoms with Crippen molar-refractivity contribution in [3.8, 4) is 11.3 Å². The average Bonchev–Trinajstić information content (AvgIpc) is 3.18. The van der Waals surface area contributed by atoms with Crippen LogP contribution in [0.5, 0.6) is 0 Å². The van der Waals surface area contributed by atoms with Crippen LogP contribution < -0.4 is 5.32 Å². The standard InChI is InChI=1S/C16H14F2N4O/c17-12-4-3-5-13(18)14(12)15-11(10-20-21-15)16(23)19-6-9-22-7-1-2-8-22/h1-5,7-8,10H,6,9H2,(H,19,23)(H,20,21). The molecule has 0 aliphatic carbocycles. The SMILES string of the molecule is O=C(NCCn1cccc1)c1cn[nH]c1-c1c(F)cccc1F. The number of nitrogens with one attached hydrogen (secondary N) is 2. The van der Waals surface area contributed by atoms with Crippen LogP contribution in [-0.2, 0) is 6.54 Å². The zero-order chi connectivity index (χ0) is 16.2. The Hall–Kier alpha value is -2.96. The fraction of sp³-hybridized carbons (Fsp3) is 0.125. The minimum absolute atomic E-state index is 0.0269. The van der Waals surface area contributed by atoms with E-state index in [2.05, 4.69) is 15.5 Å². The zero-order valence-electron chi connectivity index (χ0n) is 12.1. The number of halogens is 2. The van der Waals surface area contributed by atoms with Gasteiger partial charge in [0.15, 0.2) is 0 Å². The second-order valence-electron chi connectivity index (χ2n) is 4.93. The van der Waals surface area contributed by atoms with Gasteiger partial charge in [-0.3, -0.25) is 9.89 Å². The molecule has 0 fully saturated rings. The van der Waals surface area contributed by atoms with Gasteiger partial charge >= 0.3 is 0 Å². The maximum atomic E-state index is 13.9. The van der Waals surface area contributed by atoms with Crippen molar-refractivity contribution in [2.45, 2.75) is 6.54 Å². The molecule has 0 spiro atoms. The average molecular weight is 316 g/mol. The molecule has 118 valence electrons. The fourth-order valence-electron chi connectivity index (χ4n) is 2.30. The lowest BCUT2D eigenvalue weighted by Crippen LogP contribution is -2.27. The predicted molar refractivity (Wildman–Crippen MR) is 80.7 cm³/mol. The Morgan fingerprint density at radius 2 is 1.87 bits per heavy atom. The molecule has 3 aromatic rings. The number of carbonyl (C=O) groups is 1. The number of aromatic amines is 1. The number of H-pyrrole nitrogens is 1. The Bertz CT molecular complexity index is 791. The lowest BCUT2D eigenvalue weighted by Gasteiger charge is -2.08. The first kappa shape index (κ1) is 15.0. The van der Waals surface area contributed by atoms with Crippen molar-refractivity contribution >= 4 is 5.91 Å². The Morgan fingerprint density at radius 3 is 2.57 bits per heavy atom. The molecule has 0 radical (unpaired) electrons. The molecule has 2 aromatic heterocycles. The first-order valence-corrected chi connectivity index (χ1v) is 7.03. The molecular formula is C16H14F2N4O. The van der Waals surface area contributed by atoms with Gasteiger partial charge in [0.1, 0.15) is 11.6 Å². The molecule has 0 saturated heterocycles. The minimum Gasteiger partial charge on any atom is -0.353 e. The van der Waals surface area contributed by atoms with Crippen LogP contribution in [0.3, 0.4) is 0 Å². The van der Waals surface area contributed by atoms with Gasteiger partial charge in [-0.1, -0.05) is 6.07 Å². The van der Waals surface area contributed by atoms with Gasteiger partial charge in [0.25, 0.3) is 5.91 Å². The fourth-order valence-corrected chi connectivity index (χ4v) is 2.30. The summed E-state index contributed by atoms with van der Waals surface area (Å²) in [5.41, 5.74) is -0.166. The second kappa shape index (κ2) is 6.43. The van der Waals surface area contributed by atoms with Crippen molar-refractivity contribution in [2.24, 2.45) is 0 Å². The van der Waals surface area contributed by atoms with E-state index in [0.29, 0.717) is 13.1 Å². The van der Waals surface area contributed by atoms with Gasteiger partial charge in [-0.15, -0.1) is 0 Å². The van der Waals surface area contributed by atoms with E-state index in [9.17, 15) is 13.6 Å². The van der Waals surface area contributed by atoms with Crippen LogP contribution in [-0.4, -0.2) is 27.2 Å². The molecule has 7 heteroatoms. The topological polar surface area (TPSA) is 62.7 Å². The third kappa shape index (κ3) is 3.13. The summed E-state index contributed by atoms with van der Waals surface area (Å²) in [4.78, 5) is 12.2. The predicted octanol–water partition coefficient (Wildman–Crippen LogP) is 2.59. The summed E-state index contributed by atoms with van der Waals surface area (Å²) >= 11 is 0. The Balaban J connectivity index is 1.76. The highest BCUT2D eigenvalue weighted by Crippen LogP contribution is 2.26. The second-order valence-corrected chi connectivity index (χ2v) is 4.93. The molecular weight excluding hydrogens is 302 g/mol. The third-order valence-electron chi connectivity index (χ3n) is 3.42. The maximum absolute atomic E-state index is 13.9. The van der Waals surface area contributed by atoms with E-state index in [-0.39, 0.29) is 16.8 Å². The van der Waals surface area contributed by atoms with Gasteiger partial charge in [-0.25, -0.2) is 8.78 Å². The van der Waals surface area contributed by atoms with E-state index in [1.54, 1.807) is 0 Å². The van der Waals surface area contributed by atoms with Gasteiger partial charge < -0.3 is 9.88 Å². The number of nitrogens with zero attached hydrogens (tertiary/aromatic N) is 2. The number of hydrogen-bond donors (Lipinski definition) is 2. The molecule has 5 nitrogen and oxygen atoms in total. The summed E-state index contributed by atoms with van der Waals surface area (Å²) in [6.45, 7) is 0.984. The number of hydrogen-bond acceptors (Lipinski definition) is 2. The monoisotopic (exact) mass is 316 g/mol. The molecule has 2 N–H and O–H groups in total. The van der Waals surface area contributed by atoms with Crippen molar-refractivity contribution in [2.75, 3.05) is 6.54 Å². The normalized spacial score (nSPS) is 10.7.